The first-order chi connectivity index (χ1) is 27.1. The quantitative estimate of drug-likeness (QED) is 0.0851. The van der Waals surface area contributed by atoms with Gasteiger partial charge in [0.1, 0.15) is 0 Å². The van der Waals surface area contributed by atoms with E-state index in [4.69, 9.17) is 15.0 Å². The molecule has 5 heteroatoms. The van der Waals surface area contributed by atoms with E-state index in [9.17, 15) is 0 Å². The summed E-state index contributed by atoms with van der Waals surface area (Å²) in [7, 11) is 0. The van der Waals surface area contributed by atoms with Crippen LogP contribution in [-0.4, -0.2) is 32.0 Å². The Morgan fingerprint density at radius 2 is 1.44 bits per heavy atom. The summed E-state index contributed by atoms with van der Waals surface area (Å²) in [6.45, 7) is 6.27. The van der Waals surface area contributed by atoms with Gasteiger partial charge in [0.15, 0.2) is 29.9 Å². The first-order valence-corrected chi connectivity index (χ1v) is 18.9. The minimum absolute atomic E-state index is 0.616. The van der Waals surface area contributed by atoms with Gasteiger partial charge in [-0.1, -0.05) is 121 Å². The number of benzene rings is 5. The molecular formula is C50H43N5+2. The van der Waals surface area contributed by atoms with E-state index in [0.29, 0.717) is 17.5 Å². The van der Waals surface area contributed by atoms with Gasteiger partial charge in [-0.25, -0.2) is 15.0 Å². The highest BCUT2D eigenvalue weighted by molar-refractivity contribution is 5.96. The molecule has 0 atom stereocenters. The maximum absolute atomic E-state index is 5.10. The van der Waals surface area contributed by atoms with E-state index < -0.39 is 0 Å². The Morgan fingerprint density at radius 1 is 0.691 bits per heavy atom. The Balaban J connectivity index is 1.23. The number of hydrogen-bond donors (Lipinski definition) is 0. The molecule has 0 unspecified atom stereocenters. The van der Waals surface area contributed by atoms with Gasteiger partial charge >= 0.3 is 0 Å². The van der Waals surface area contributed by atoms with Crippen molar-refractivity contribution in [1.82, 2.24) is 19.5 Å². The molecule has 0 N–H and O–H groups in total. The molecule has 6 aromatic rings. The van der Waals surface area contributed by atoms with Crippen molar-refractivity contribution < 1.29 is 4.58 Å². The number of allylic oxidation sites excluding steroid dienone is 11. The van der Waals surface area contributed by atoms with Gasteiger partial charge < -0.3 is 0 Å². The fourth-order valence-corrected chi connectivity index (χ4v) is 7.29. The van der Waals surface area contributed by atoms with Crippen molar-refractivity contribution in [2.75, 3.05) is 0 Å². The average Bonchev–Trinajstić information content (AvgIpc) is 3.54. The fourth-order valence-electron chi connectivity index (χ4n) is 7.29. The molecule has 0 radical (unpaired) electrons. The Kier molecular flexibility index (Phi) is 10.3. The molecule has 5 aromatic carbocycles. The molecule has 0 saturated heterocycles. The van der Waals surface area contributed by atoms with Gasteiger partial charge in [-0.2, -0.15) is 9.15 Å². The maximum atomic E-state index is 5.10. The van der Waals surface area contributed by atoms with E-state index >= 15 is 0 Å². The highest BCUT2D eigenvalue weighted by Gasteiger charge is 2.37. The van der Waals surface area contributed by atoms with Gasteiger partial charge in [-0.3, -0.25) is 0 Å². The number of fused-ring (bicyclic) bond motifs is 4. The van der Waals surface area contributed by atoms with Crippen LogP contribution in [0.2, 0.25) is 0 Å². The Bertz CT molecular complexity index is 2650. The first-order valence-electron chi connectivity index (χ1n) is 18.9. The van der Waals surface area contributed by atoms with E-state index in [1.54, 1.807) is 0 Å². The summed E-state index contributed by atoms with van der Waals surface area (Å²) in [5.41, 5.74) is 11.2. The van der Waals surface area contributed by atoms with E-state index in [-0.39, 0.29) is 0 Å². The number of nitrogens with zero attached hydrogens (tertiary/aromatic N) is 5. The lowest BCUT2D eigenvalue weighted by Crippen LogP contribution is -2.07. The second-order valence-corrected chi connectivity index (χ2v) is 13.5. The molecule has 266 valence electrons. The summed E-state index contributed by atoms with van der Waals surface area (Å²) in [4.78, 5) is 15.1. The normalized spacial score (nSPS) is 15.3. The minimum atomic E-state index is 0.616. The molecule has 2 heterocycles. The van der Waals surface area contributed by atoms with Crippen molar-refractivity contribution in [3.05, 3.63) is 193 Å². The number of aryl methyl sites for hydroxylation is 1. The van der Waals surface area contributed by atoms with Crippen molar-refractivity contribution in [3.8, 4) is 22.8 Å². The van der Waals surface area contributed by atoms with Crippen LogP contribution in [0.4, 0.5) is 17.1 Å². The van der Waals surface area contributed by atoms with E-state index in [2.05, 4.69) is 162 Å². The summed E-state index contributed by atoms with van der Waals surface area (Å²) < 4.78 is 4.60. The zero-order valence-electron chi connectivity index (χ0n) is 31.5. The van der Waals surface area contributed by atoms with Crippen molar-refractivity contribution in [3.63, 3.8) is 0 Å². The van der Waals surface area contributed by atoms with Crippen molar-refractivity contribution in [2.45, 2.75) is 33.6 Å². The lowest BCUT2D eigenvalue weighted by Gasteiger charge is -2.10. The van der Waals surface area contributed by atoms with Crippen LogP contribution in [0, 0.1) is 6.92 Å². The molecule has 5 nitrogen and oxygen atoms in total. The van der Waals surface area contributed by atoms with Crippen molar-refractivity contribution in [2.24, 2.45) is 0 Å². The van der Waals surface area contributed by atoms with Crippen LogP contribution in [0.3, 0.4) is 0 Å². The smallest absolute Gasteiger partial charge is 0.208 e. The van der Waals surface area contributed by atoms with Crippen molar-refractivity contribution in [1.29, 1.82) is 0 Å². The van der Waals surface area contributed by atoms with Gasteiger partial charge in [-0.15, -0.1) is 0 Å². The number of aromatic nitrogens is 3. The third kappa shape index (κ3) is 7.25. The SMILES string of the molecule is C/C=C\C=C/C=[N+]1C2=CCCC=C2c2cc(C)c([N+](=C/C=C\C(=C/C)c3nc(-c4ccccc4)nc(-c4cccc5ccccc45)n3)c3ccccc3)cc21. The molecular weight excluding hydrogens is 671 g/mol. The van der Waals surface area contributed by atoms with E-state index in [1.807, 2.05) is 50.3 Å². The Hall–Kier alpha value is -6.85. The summed E-state index contributed by atoms with van der Waals surface area (Å²) in [6, 6.07) is 39.9. The molecule has 1 aliphatic carbocycles. The van der Waals surface area contributed by atoms with Gasteiger partial charge in [0.05, 0.1) is 17.2 Å². The molecule has 0 fully saturated rings. The largest absolute Gasteiger partial charge is 0.225 e. The minimum Gasteiger partial charge on any atom is -0.208 e. The zero-order valence-corrected chi connectivity index (χ0v) is 31.5. The molecule has 0 bridgehead atoms. The molecule has 0 spiro atoms. The Morgan fingerprint density at radius 3 is 2.25 bits per heavy atom. The second-order valence-electron chi connectivity index (χ2n) is 13.5. The van der Waals surface area contributed by atoms with Crippen LogP contribution in [0.1, 0.15) is 43.6 Å². The van der Waals surface area contributed by atoms with Gasteiger partial charge in [0, 0.05) is 46.5 Å². The van der Waals surface area contributed by atoms with Crippen LogP contribution in [0.25, 0.3) is 44.7 Å². The van der Waals surface area contributed by atoms with E-state index in [1.165, 1.54) is 28.1 Å². The molecule has 8 rings (SSSR count). The molecule has 2 aliphatic rings. The third-order valence-corrected chi connectivity index (χ3v) is 9.97. The second kappa shape index (κ2) is 16.0. The summed E-state index contributed by atoms with van der Waals surface area (Å²) in [5.74, 6) is 1.90. The molecule has 1 aliphatic heterocycles. The molecule has 0 saturated carbocycles. The predicted molar refractivity (Wildman–Crippen MR) is 231 cm³/mol. The number of hydrogen-bond acceptors (Lipinski definition) is 3. The highest BCUT2D eigenvalue weighted by atomic mass is 15.1. The lowest BCUT2D eigenvalue weighted by atomic mass is 9.97. The maximum Gasteiger partial charge on any atom is 0.225 e. The van der Waals surface area contributed by atoms with Crippen LogP contribution < -0.4 is 4.58 Å². The standard InChI is InChI=1S/C50H43N5/c1-4-6-7-18-32-55-45-31-17-16-29-42(45)44-34-36(3)46(35-47(44)55)54(40-26-12-9-13-27-40)33-20-25-37(5-2)48-51-49(39-22-10-8-11-23-39)53-50(52-48)43-30-19-24-38-21-14-15-28-41(38)43/h4-15,18-35H,16-17H2,1-3H3/q+2/b6-4-,18-7-,25-20-,37-5+,54-33?,55-32?. The monoisotopic (exact) mass is 713 g/mol. The fraction of sp³-hybridized carbons (Fsp3) is 0.100. The summed E-state index contributed by atoms with van der Waals surface area (Å²) >= 11 is 0. The van der Waals surface area contributed by atoms with Crippen LogP contribution in [0.15, 0.2) is 176 Å². The van der Waals surface area contributed by atoms with E-state index in [0.717, 1.165) is 51.7 Å². The van der Waals surface area contributed by atoms with Gasteiger partial charge in [0.25, 0.3) is 0 Å². The molecule has 0 amide bonds. The zero-order chi connectivity index (χ0) is 37.6. The van der Waals surface area contributed by atoms with Crippen molar-refractivity contribution >= 4 is 51.4 Å². The summed E-state index contributed by atoms with van der Waals surface area (Å²) in [6.07, 6.45) is 25.7. The summed E-state index contributed by atoms with van der Waals surface area (Å²) in [5, 5.41) is 2.25. The first kappa shape index (κ1) is 35.2. The topological polar surface area (TPSA) is 44.7 Å². The number of rotatable bonds is 9. The van der Waals surface area contributed by atoms with Crippen LogP contribution in [-0.2, 0) is 0 Å². The average molecular weight is 714 g/mol. The predicted octanol–water partition coefficient (Wildman–Crippen LogP) is 12.2. The lowest BCUT2D eigenvalue weighted by molar-refractivity contribution is -0.363. The van der Waals surface area contributed by atoms with Gasteiger partial charge in [0.2, 0.25) is 22.8 Å². The third-order valence-electron chi connectivity index (χ3n) is 9.97. The molecule has 1 aromatic heterocycles. The highest BCUT2D eigenvalue weighted by Crippen LogP contribution is 2.46. The van der Waals surface area contributed by atoms with Crippen LogP contribution >= 0.6 is 0 Å². The Labute approximate surface area is 323 Å². The number of para-hydroxylation sites is 1. The van der Waals surface area contributed by atoms with Gasteiger partial charge in [-0.05, 0) is 62.6 Å². The molecule has 55 heavy (non-hydrogen) atoms. The van der Waals surface area contributed by atoms with Crippen LogP contribution in [0.5, 0.6) is 0 Å².